The molecule has 106 valence electrons. The zero-order valence-corrected chi connectivity index (χ0v) is 12.6. The SMILES string of the molecule is Cc1ccc(N)c(-c2nnnn2-c2cc(Cl)ccc2Cl)c1. The number of halogens is 2. The van der Waals surface area contributed by atoms with Gasteiger partial charge in [-0.05, 0) is 47.7 Å². The summed E-state index contributed by atoms with van der Waals surface area (Å²) in [6, 6.07) is 10.8. The first-order valence-corrected chi connectivity index (χ1v) is 6.92. The van der Waals surface area contributed by atoms with Crippen molar-refractivity contribution < 1.29 is 0 Å². The van der Waals surface area contributed by atoms with Gasteiger partial charge in [0.25, 0.3) is 0 Å². The summed E-state index contributed by atoms with van der Waals surface area (Å²) in [7, 11) is 0. The lowest BCUT2D eigenvalue weighted by Crippen LogP contribution is -2.02. The second kappa shape index (κ2) is 5.35. The van der Waals surface area contributed by atoms with Gasteiger partial charge in [-0.25, -0.2) is 0 Å². The van der Waals surface area contributed by atoms with Crippen LogP contribution in [-0.2, 0) is 0 Å². The fourth-order valence-corrected chi connectivity index (χ4v) is 2.39. The molecule has 7 heteroatoms. The maximum atomic E-state index is 6.21. The summed E-state index contributed by atoms with van der Waals surface area (Å²) in [5, 5.41) is 12.8. The molecule has 0 spiro atoms. The molecule has 0 aliphatic rings. The molecule has 2 N–H and O–H groups in total. The molecule has 5 nitrogen and oxygen atoms in total. The van der Waals surface area contributed by atoms with Gasteiger partial charge >= 0.3 is 0 Å². The van der Waals surface area contributed by atoms with Crippen LogP contribution in [-0.4, -0.2) is 20.2 Å². The molecule has 0 bridgehead atoms. The molecule has 21 heavy (non-hydrogen) atoms. The van der Waals surface area contributed by atoms with Crippen LogP contribution < -0.4 is 5.73 Å². The molecule has 0 unspecified atom stereocenters. The molecule has 0 aliphatic carbocycles. The molecule has 0 saturated heterocycles. The predicted molar refractivity (Wildman–Crippen MR) is 83.8 cm³/mol. The third kappa shape index (κ3) is 2.57. The second-order valence-electron chi connectivity index (χ2n) is 4.60. The quantitative estimate of drug-likeness (QED) is 0.733. The molecule has 3 aromatic rings. The summed E-state index contributed by atoms with van der Waals surface area (Å²) in [5.41, 5.74) is 9.03. The molecule has 1 heterocycles. The minimum Gasteiger partial charge on any atom is -0.398 e. The standard InChI is InChI=1S/C14H11Cl2N5/c1-8-2-5-12(17)10(6-8)14-18-19-20-21(14)13-7-9(15)3-4-11(13)16/h2-7H,17H2,1H3. The van der Waals surface area contributed by atoms with E-state index in [0.29, 0.717) is 27.2 Å². The van der Waals surface area contributed by atoms with Gasteiger partial charge in [0.05, 0.1) is 10.7 Å². The maximum Gasteiger partial charge on any atom is 0.189 e. The number of hydrogen-bond donors (Lipinski definition) is 1. The second-order valence-corrected chi connectivity index (χ2v) is 5.44. The van der Waals surface area contributed by atoms with E-state index in [2.05, 4.69) is 15.5 Å². The number of nitrogens with zero attached hydrogens (tertiary/aromatic N) is 4. The summed E-state index contributed by atoms with van der Waals surface area (Å²) in [6.45, 7) is 1.98. The smallest absolute Gasteiger partial charge is 0.189 e. The maximum absolute atomic E-state index is 6.21. The normalized spacial score (nSPS) is 10.8. The van der Waals surface area contributed by atoms with Crippen LogP contribution in [0.4, 0.5) is 5.69 Å². The van der Waals surface area contributed by atoms with E-state index < -0.39 is 0 Å². The minimum absolute atomic E-state index is 0.499. The van der Waals surface area contributed by atoms with Crippen molar-refractivity contribution in [1.82, 2.24) is 20.2 Å². The molecule has 0 aliphatic heterocycles. The van der Waals surface area contributed by atoms with Crippen molar-refractivity contribution in [2.45, 2.75) is 6.92 Å². The van der Waals surface area contributed by atoms with Crippen LogP contribution in [0.25, 0.3) is 17.1 Å². The summed E-state index contributed by atoms with van der Waals surface area (Å²) in [5.74, 6) is 0.514. The summed E-state index contributed by atoms with van der Waals surface area (Å²) < 4.78 is 1.53. The van der Waals surface area contributed by atoms with Gasteiger partial charge < -0.3 is 5.73 Å². The number of tetrazole rings is 1. The van der Waals surface area contributed by atoms with Crippen molar-refractivity contribution in [3.8, 4) is 17.1 Å². The van der Waals surface area contributed by atoms with Gasteiger partial charge in [-0.3, -0.25) is 0 Å². The van der Waals surface area contributed by atoms with E-state index in [1.54, 1.807) is 18.2 Å². The Kier molecular flexibility index (Phi) is 3.53. The summed E-state index contributed by atoms with van der Waals surface area (Å²) in [6.07, 6.45) is 0. The highest BCUT2D eigenvalue weighted by Gasteiger charge is 2.16. The summed E-state index contributed by atoms with van der Waals surface area (Å²) >= 11 is 12.2. The fourth-order valence-electron chi connectivity index (χ4n) is 2.03. The van der Waals surface area contributed by atoms with Crippen molar-refractivity contribution in [2.24, 2.45) is 0 Å². The first kappa shape index (κ1) is 13.9. The van der Waals surface area contributed by atoms with Gasteiger partial charge in [0.2, 0.25) is 0 Å². The molecule has 0 fully saturated rings. The van der Waals surface area contributed by atoms with Gasteiger partial charge in [-0.1, -0.05) is 34.8 Å². The lowest BCUT2D eigenvalue weighted by molar-refractivity contribution is 0.791. The van der Waals surface area contributed by atoms with Gasteiger partial charge in [0.1, 0.15) is 0 Å². The number of nitrogens with two attached hydrogens (primary N) is 1. The monoisotopic (exact) mass is 319 g/mol. The van der Waals surface area contributed by atoms with Crippen LogP contribution >= 0.6 is 23.2 Å². The Morgan fingerprint density at radius 2 is 1.90 bits per heavy atom. The van der Waals surface area contributed by atoms with Gasteiger partial charge in [0, 0.05) is 16.3 Å². The van der Waals surface area contributed by atoms with Crippen LogP contribution in [0.3, 0.4) is 0 Å². The molecule has 0 atom stereocenters. The van der Waals surface area contributed by atoms with E-state index in [1.165, 1.54) is 4.68 Å². The lowest BCUT2D eigenvalue weighted by Gasteiger charge is -2.09. The fraction of sp³-hybridized carbons (Fsp3) is 0.0714. The van der Waals surface area contributed by atoms with Crippen molar-refractivity contribution in [2.75, 3.05) is 5.73 Å². The number of aromatic nitrogens is 4. The molecule has 0 saturated carbocycles. The predicted octanol–water partition coefficient (Wildman–Crippen LogP) is 3.53. The van der Waals surface area contributed by atoms with Crippen molar-refractivity contribution >= 4 is 28.9 Å². The average Bonchev–Trinajstić information content (AvgIpc) is 2.93. The van der Waals surface area contributed by atoms with E-state index in [1.807, 2.05) is 25.1 Å². The lowest BCUT2D eigenvalue weighted by atomic mass is 10.1. The topological polar surface area (TPSA) is 69.6 Å². The molecular weight excluding hydrogens is 309 g/mol. The largest absolute Gasteiger partial charge is 0.398 e. The number of rotatable bonds is 2. The Bertz CT molecular complexity index is 747. The number of nitrogen functional groups attached to an aromatic ring is 1. The molecule has 0 radical (unpaired) electrons. The molecule has 1 aromatic heterocycles. The highest BCUT2D eigenvalue weighted by molar-refractivity contribution is 6.34. The van der Waals surface area contributed by atoms with Crippen LogP contribution in [0, 0.1) is 6.92 Å². The van der Waals surface area contributed by atoms with Crippen LogP contribution in [0.2, 0.25) is 10.0 Å². The number of benzene rings is 2. The number of anilines is 1. The summed E-state index contributed by atoms with van der Waals surface area (Å²) in [4.78, 5) is 0. The van der Waals surface area contributed by atoms with Crippen LogP contribution in [0.1, 0.15) is 5.56 Å². The first-order valence-electron chi connectivity index (χ1n) is 6.16. The van der Waals surface area contributed by atoms with Crippen molar-refractivity contribution in [3.05, 3.63) is 52.0 Å². The molecular formula is C14H11Cl2N5. The number of aryl methyl sites for hydroxylation is 1. The zero-order chi connectivity index (χ0) is 15.0. The minimum atomic E-state index is 0.499. The van der Waals surface area contributed by atoms with E-state index in [4.69, 9.17) is 28.9 Å². The van der Waals surface area contributed by atoms with Crippen LogP contribution in [0.5, 0.6) is 0 Å². The van der Waals surface area contributed by atoms with E-state index in [-0.39, 0.29) is 0 Å². The molecule has 2 aromatic carbocycles. The third-order valence-electron chi connectivity index (χ3n) is 3.06. The average molecular weight is 320 g/mol. The van der Waals surface area contributed by atoms with Crippen molar-refractivity contribution in [1.29, 1.82) is 0 Å². The molecule has 0 amide bonds. The number of hydrogen-bond acceptors (Lipinski definition) is 4. The Labute approximate surface area is 131 Å². The van der Waals surface area contributed by atoms with Crippen molar-refractivity contribution in [3.63, 3.8) is 0 Å². The Morgan fingerprint density at radius 3 is 2.71 bits per heavy atom. The first-order chi connectivity index (χ1) is 10.1. The Hall–Kier alpha value is -2.11. The zero-order valence-electron chi connectivity index (χ0n) is 11.1. The highest BCUT2D eigenvalue weighted by Crippen LogP contribution is 2.30. The van der Waals surface area contributed by atoms with E-state index in [0.717, 1.165) is 11.1 Å². The highest BCUT2D eigenvalue weighted by atomic mass is 35.5. The van der Waals surface area contributed by atoms with E-state index in [9.17, 15) is 0 Å². The van der Waals surface area contributed by atoms with Gasteiger partial charge in [-0.2, -0.15) is 4.68 Å². The van der Waals surface area contributed by atoms with Gasteiger partial charge in [0.15, 0.2) is 5.82 Å². The van der Waals surface area contributed by atoms with Crippen LogP contribution in [0.15, 0.2) is 36.4 Å². The third-order valence-corrected chi connectivity index (χ3v) is 3.61. The van der Waals surface area contributed by atoms with E-state index >= 15 is 0 Å². The molecule has 3 rings (SSSR count). The van der Waals surface area contributed by atoms with Gasteiger partial charge in [-0.15, -0.1) is 5.10 Å². The Morgan fingerprint density at radius 1 is 1.10 bits per heavy atom. The Balaban J connectivity index is 2.22.